The maximum absolute atomic E-state index is 14.6. The number of β-amino-alcohol motifs (C(OH)–C–C–N with tert-alkyl or cyclic N) is 3. The second kappa shape index (κ2) is 31.6. The van der Waals surface area contributed by atoms with E-state index in [1.807, 2.05) is 88.5 Å². The van der Waals surface area contributed by atoms with Gasteiger partial charge in [-0.15, -0.1) is 10.2 Å². The van der Waals surface area contributed by atoms with E-state index < -0.39 is 104 Å². The van der Waals surface area contributed by atoms with E-state index in [0.717, 1.165) is 55.7 Å². The normalized spacial score (nSPS) is 15.6. The van der Waals surface area contributed by atoms with E-state index >= 15 is 0 Å². The molecule has 4 heterocycles. The van der Waals surface area contributed by atoms with E-state index in [2.05, 4.69) is 49.0 Å². The van der Waals surface area contributed by atoms with Gasteiger partial charge in [-0.25, -0.2) is 39.5 Å². The molecule has 6 aromatic carbocycles. The van der Waals surface area contributed by atoms with Crippen molar-refractivity contribution >= 4 is 120 Å². The molecule has 30 heteroatoms. The zero-order valence-corrected chi connectivity index (χ0v) is 57.7. The van der Waals surface area contributed by atoms with Crippen molar-refractivity contribution in [3.8, 4) is 0 Å². The summed E-state index contributed by atoms with van der Waals surface area (Å²) in [4.78, 5) is 42.8. The van der Waals surface area contributed by atoms with Crippen molar-refractivity contribution < 1.29 is 73.6 Å². The molecule has 504 valence electrons. The molecule has 3 aliphatic heterocycles. The Hall–Kier alpha value is -6.41. The average molecular weight is 1650 g/mol. The number of aromatic nitrogens is 2. The van der Waals surface area contributed by atoms with Crippen molar-refractivity contribution in [1.29, 1.82) is 0 Å². The Balaban J connectivity index is 0.000000181. The van der Waals surface area contributed by atoms with Crippen LogP contribution < -0.4 is 31.9 Å². The number of amides is 3. The van der Waals surface area contributed by atoms with Gasteiger partial charge in [0.25, 0.3) is 17.7 Å². The van der Waals surface area contributed by atoms with E-state index in [-0.39, 0.29) is 98.2 Å². The van der Waals surface area contributed by atoms with Crippen LogP contribution in [0, 0.1) is 70.0 Å². The summed E-state index contributed by atoms with van der Waals surface area (Å²) in [5.41, 5.74) is -5.41. The van der Waals surface area contributed by atoms with Gasteiger partial charge in [-0.3, -0.25) is 14.4 Å². The molecule has 3 saturated heterocycles. The maximum Gasteiger partial charge on any atom is 0.256 e. The summed E-state index contributed by atoms with van der Waals surface area (Å²) in [5, 5.41) is 56.2. The van der Waals surface area contributed by atoms with E-state index in [0.29, 0.717) is 35.6 Å². The van der Waals surface area contributed by atoms with Crippen LogP contribution in [0.25, 0.3) is 0 Å². The number of carbonyl (C=O) groups is 3. The number of hydrogen-bond acceptors (Lipinski definition) is 15. The highest BCUT2D eigenvalue weighted by Crippen LogP contribution is 2.36. The van der Waals surface area contributed by atoms with Crippen LogP contribution in [0.5, 0.6) is 0 Å². The second-order valence-corrected chi connectivity index (χ2v) is 27.1. The van der Waals surface area contributed by atoms with Gasteiger partial charge in [0.2, 0.25) is 11.8 Å². The fourth-order valence-corrected chi connectivity index (χ4v) is 11.6. The van der Waals surface area contributed by atoms with Crippen LogP contribution in [-0.2, 0) is 6.54 Å². The lowest BCUT2D eigenvalue weighted by atomic mass is 9.92. The molecule has 0 spiro atoms. The summed E-state index contributed by atoms with van der Waals surface area (Å²) >= 11 is 5.78. The third kappa shape index (κ3) is 18.4. The van der Waals surface area contributed by atoms with E-state index in [9.17, 15) is 69.2 Å². The van der Waals surface area contributed by atoms with Crippen molar-refractivity contribution in [3.63, 3.8) is 0 Å². The summed E-state index contributed by atoms with van der Waals surface area (Å²) in [7, 11) is 0. The molecule has 0 aliphatic carbocycles. The molecule has 7 aromatic rings. The van der Waals surface area contributed by atoms with Crippen LogP contribution in [0.2, 0.25) is 0 Å². The first-order valence-electron chi connectivity index (χ1n) is 29.5. The Bertz CT molecular complexity index is 3900. The largest absolute Gasteiger partial charge is 0.424 e. The fraction of sp³-hybridized carbons (Fsp3) is 0.359. The highest BCUT2D eigenvalue weighted by Gasteiger charge is 2.47. The van der Waals surface area contributed by atoms with E-state index in [4.69, 9.17) is 4.42 Å². The first-order chi connectivity index (χ1) is 44.4. The summed E-state index contributed by atoms with van der Waals surface area (Å²) in [6, 6.07) is 19.1. The van der Waals surface area contributed by atoms with Crippen LogP contribution in [0.1, 0.15) is 89.8 Å². The number of hydrogen-bond donors (Lipinski definition) is 9. The van der Waals surface area contributed by atoms with Gasteiger partial charge >= 0.3 is 0 Å². The molecule has 3 amide bonds. The highest BCUT2D eigenvalue weighted by atomic mass is 127. The Morgan fingerprint density at radius 2 is 0.851 bits per heavy atom. The van der Waals surface area contributed by atoms with Crippen LogP contribution in [0.4, 0.5) is 73.6 Å². The highest BCUT2D eigenvalue weighted by molar-refractivity contribution is 14.1. The third-order valence-corrected chi connectivity index (χ3v) is 17.5. The first-order valence-corrected chi connectivity index (χ1v) is 32.8. The minimum absolute atomic E-state index is 0.0297. The summed E-state index contributed by atoms with van der Waals surface area (Å²) in [6.07, 6.45) is 2.89. The third-order valence-electron chi connectivity index (χ3n) is 15.5. The Labute approximate surface area is 576 Å². The van der Waals surface area contributed by atoms with Gasteiger partial charge < -0.3 is 66.3 Å². The lowest BCUT2D eigenvalue weighted by molar-refractivity contribution is -0.0796. The van der Waals surface area contributed by atoms with Crippen molar-refractivity contribution in [2.24, 2.45) is 0 Å². The number of aryl methyl sites for hydroxylation is 1. The van der Waals surface area contributed by atoms with Crippen LogP contribution in [0.15, 0.2) is 95.4 Å². The molecule has 18 nitrogen and oxygen atoms in total. The van der Waals surface area contributed by atoms with Crippen LogP contribution in [0.3, 0.4) is 0 Å². The van der Waals surface area contributed by atoms with Gasteiger partial charge in [-0.05, 0) is 185 Å². The van der Waals surface area contributed by atoms with Crippen molar-refractivity contribution in [2.75, 3.05) is 74.9 Å². The molecule has 1 aromatic heterocycles. The quantitative estimate of drug-likeness (QED) is 0.0227. The molecule has 3 aliphatic rings. The number of benzene rings is 6. The Kier molecular flexibility index (Phi) is 24.7. The van der Waals surface area contributed by atoms with Crippen LogP contribution in [-0.4, -0.2) is 146 Å². The van der Waals surface area contributed by atoms with Gasteiger partial charge in [0.05, 0.1) is 96.6 Å². The topological polar surface area (TPSA) is 233 Å². The smallest absolute Gasteiger partial charge is 0.256 e. The molecule has 94 heavy (non-hydrogen) atoms. The first kappa shape index (κ1) is 73.4. The summed E-state index contributed by atoms with van der Waals surface area (Å²) in [6.45, 7) is 11.0. The molecule has 9 N–H and O–H groups in total. The molecule has 0 bridgehead atoms. The average Bonchev–Trinajstić information content (AvgIpc) is 0.804. The molecule has 0 radical (unpaired) electrons. The van der Waals surface area contributed by atoms with Crippen molar-refractivity contribution in [1.82, 2.24) is 40.8 Å². The minimum atomic E-state index is -1.30. The number of anilines is 6. The zero-order valence-electron chi connectivity index (χ0n) is 51.3. The van der Waals surface area contributed by atoms with Crippen molar-refractivity contribution in [3.05, 3.63) is 183 Å². The predicted octanol–water partition coefficient (Wildman–Crippen LogP) is 11.6. The van der Waals surface area contributed by atoms with Gasteiger partial charge in [0, 0.05) is 49.4 Å². The molecule has 0 saturated carbocycles. The van der Waals surface area contributed by atoms with Gasteiger partial charge in [0.1, 0.15) is 34.3 Å². The number of nitrogens with zero attached hydrogens (tertiary/aromatic N) is 5. The molecule has 2 atom stereocenters. The van der Waals surface area contributed by atoms with Gasteiger partial charge in [0.15, 0.2) is 34.9 Å². The van der Waals surface area contributed by atoms with Crippen molar-refractivity contribution in [2.45, 2.75) is 89.3 Å². The summed E-state index contributed by atoms with van der Waals surface area (Å²) in [5.74, 6) is -10.3. The number of rotatable bonds is 22. The molecule has 10 rings (SSSR count). The fourth-order valence-electron chi connectivity index (χ4n) is 10.2. The predicted molar refractivity (Wildman–Crippen MR) is 360 cm³/mol. The van der Waals surface area contributed by atoms with E-state index in [1.165, 1.54) is 51.1 Å². The second-order valence-electron chi connectivity index (χ2n) is 23.3. The van der Waals surface area contributed by atoms with Crippen LogP contribution >= 0.6 is 67.8 Å². The number of likely N-dealkylation sites (tertiary alicyclic amines) is 3. The number of aliphatic hydroxyl groups is 3. The molecule has 2 unspecified atom stereocenters. The number of carbonyl (C=O) groups excluding carboxylic acids is 3. The Morgan fingerprint density at radius 1 is 0.511 bits per heavy atom. The number of halogens is 12. The molecule has 3 fully saturated rings. The summed E-state index contributed by atoms with van der Waals surface area (Å²) < 4.78 is 135. The van der Waals surface area contributed by atoms with E-state index in [1.54, 1.807) is 25.1 Å². The maximum atomic E-state index is 14.6. The van der Waals surface area contributed by atoms with Gasteiger partial charge in [-0.2, -0.15) is 0 Å². The standard InChI is InChI=1S/C22H25F3IN3O2.C21H19F3IN5O3.C21H23F3IN3O2/c1-3-4-13(2)27-10-22(31)11-29(12-22)21(30)15-6-7-16(23)19(25)20(15)28-18-8-5-14(26)9-17(18)24;1-11-28-29-17(33-11)7-26-8-21(32)9-30(10-21)20(31)13-3-4-14(22)18(24)19(13)27-16-5-2-12(25)6-15(16)23;1-3-12(2)26-9-21(30)10-28(11-21)20(29)14-5-6-15(22)18(24)19(14)27-17-7-4-13(25)8-16(17)23/h5-9,13,27-28,31H,3-4,10-12H2,1-2H3;2-6,26-27,32H,7-10H2,1H3;4-8,12,26-27,30H,3,9-11H2,1-2H3. The number of nitrogens with one attached hydrogen (secondary N) is 6. The molecular weight excluding hydrogens is 1590 g/mol. The minimum Gasteiger partial charge on any atom is -0.424 e. The zero-order chi connectivity index (χ0) is 68.6. The lowest BCUT2D eigenvalue weighted by Gasteiger charge is -2.47. The lowest BCUT2D eigenvalue weighted by Crippen LogP contribution is -2.67. The Morgan fingerprint density at radius 3 is 1.16 bits per heavy atom. The monoisotopic (exact) mass is 1650 g/mol. The molecular formula is C64H67F9I3N11O7. The SMILES string of the molecule is CCC(C)NCC1(O)CN(C(=O)c2ccc(F)c(F)c2Nc2ccc(I)cc2F)C1.CCCC(C)NCC1(O)CN(C(=O)c2ccc(F)c(F)c2Nc2ccc(I)cc2F)C1.Cc1nnc(CNCC2(O)CN(C(=O)c3ccc(F)c(F)c3Nc3ccc(I)cc3F)C2)o1. The van der Waals surface area contributed by atoms with Gasteiger partial charge in [-0.1, -0.05) is 20.3 Å².